The van der Waals surface area contributed by atoms with Gasteiger partial charge in [0.2, 0.25) is 5.82 Å². The molecule has 1 aromatic carbocycles. The number of aromatic nitrogens is 1. The Morgan fingerprint density at radius 3 is 2.61 bits per heavy atom. The smallest absolute Gasteiger partial charge is 0.254 e. The highest BCUT2D eigenvalue weighted by Gasteiger charge is 2.51. The molecular weight excluding hydrogens is 406 g/mol. The molecule has 0 radical (unpaired) electrons. The summed E-state index contributed by atoms with van der Waals surface area (Å²) in [4.78, 5) is 28.7. The maximum atomic E-state index is 14.5. The van der Waals surface area contributed by atoms with Crippen molar-refractivity contribution in [2.75, 3.05) is 11.9 Å². The number of hydrogen-bond acceptors (Lipinski definition) is 5. The fourth-order valence-electron chi connectivity index (χ4n) is 3.87. The van der Waals surface area contributed by atoms with Gasteiger partial charge in [-0.05, 0) is 44.9 Å². The molecule has 166 valence electrons. The van der Waals surface area contributed by atoms with Crippen LogP contribution in [0.2, 0.25) is 0 Å². The summed E-state index contributed by atoms with van der Waals surface area (Å²) in [6.07, 6.45) is 0.442. The summed E-state index contributed by atoms with van der Waals surface area (Å²) >= 11 is 0. The average Bonchev–Trinajstić information content (AvgIpc) is 2.96. The Hall–Kier alpha value is -2.87. The van der Waals surface area contributed by atoms with Crippen LogP contribution in [0.4, 0.5) is 14.5 Å². The molecule has 1 fully saturated rings. The fraction of sp³-hybridized carbons (Fsp3) is 0.435. The normalized spacial score (nSPS) is 22.2. The first-order chi connectivity index (χ1) is 14.6. The van der Waals surface area contributed by atoms with Crippen molar-refractivity contribution in [2.45, 2.75) is 52.2 Å². The Morgan fingerprint density at radius 1 is 1.26 bits per heavy atom. The average molecular weight is 432 g/mol. The lowest BCUT2D eigenvalue weighted by atomic mass is 9.78. The van der Waals surface area contributed by atoms with Crippen molar-refractivity contribution in [1.82, 2.24) is 4.98 Å². The number of ketones is 1. The van der Waals surface area contributed by atoms with E-state index in [1.165, 1.54) is 25.3 Å². The van der Waals surface area contributed by atoms with Gasteiger partial charge in [0.05, 0.1) is 12.2 Å². The van der Waals surface area contributed by atoms with Crippen LogP contribution in [-0.4, -0.2) is 35.0 Å². The summed E-state index contributed by atoms with van der Waals surface area (Å²) in [6, 6.07) is 5.51. The number of carbonyl (C=O) groups is 2. The van der Waals surface area contributed by atoms with Gasteiger partial charge in [0.15, 0.2) is 17.3 Å². The van der Waals surface area contributed by atoms with Gasteiger partial charge in [0.1, 0.15) is 11.8 Å². The van der Waals surface area contributed by atoms with E-state index in [4.69, 9.17) is 9.47 Å². The van der Waals surface area contributed by atoms with E-state index in [0.717, 1.165) is 6.07 Å². The SMILES string of the molecule is CCOc1c([C@@H]2[C@@H](C(=O)Nc3ccnc(C(C)=O)c3)OC(C)(C)[C@@H]2C)ccc(F)c1F. The second-order valence-electron chi connectivity index (χ2n) is 8.14. The van der Waals surface area contributed by atoms with Crippen LogP contribution in [0.15, 0.2) is 30.5 Å². The van der Waals surface area contributed by atoms with Crippen LogP contribution in [-0.2, 0) is 9.53 Å². The Kier molecular flexibility index (Phi) is 6.40. The highest BCUT2D eigenvalue weighted by Crippen LogP contribution is 2.49. The van der Waals surface area contributed by atoms with Crippen LogP contribution in [0, 0.1) is 17.6 Å². The molecule has 0 unspecified atom stereocenters. The number of nitrogens with one attached hydrogen (secondary N) is 1. The zero-order chi connectivity index (χ0) is 22.9. The standard InChI is InChI=1S/C23H26F2N2O4/c1-6-30-20-15(7-8-16(24)19(20)25)18-12(2)23(4,5)31-21(18)22(29)27-14-9-10-26-17(11-14)13(3)28/h7-12,18,21H,6H2,1-5H3,(H,26,27,29)/t12-,18-,21+/m1/s1. The van der Waals surface area contributed by atoms with Gasteiger partial charge < -0.3 is 14.8 Å². The first kappa shape index (κ1) is 22.8. The van der Waals surface area contributed by atoms with E-state index in [2.05, 4.69) is 10.3 Å². The molecular formula is C23H26F2N2O4. The molecule has 3 atom stereocenters. The number of halogens is 2. The molecule has 1 saturated heterocycles. The van der Waals surface area contributed by atoms with E-state index in [0.29, 0.717) is 11.3 Å². The zero-order valence-corrected chi connectivity index (χ0v) is 18.2. The predicted octanol–water partition coefficient (Wildman–Crippen LogP) is 4.50. The van der Waals surface area contributed by atoms with Crippen molar-refractivity contribution in [3.8, 4) is 5.75 Å². The molecule has 2 heterocycles. The van der Waals surface area contributed by atoms with Crippen LogP contribution in [0.25, 0.3) is 0 Å². The number of rotatable bonds is 6. The van der Waals surface area contributed by atoms with Crippen LogP contribution >= 0.6 is 0 Å². The van der Waals surface area contributed by atoms with Crippen molar-refractivity contribution < 1.29 is 27.8 Å². The van der Waals surface area contributed by atoms with Crippen molar-refractivity contribution in [2.24, 2.45) is 5.92 Å². The molecule has 1 amide bonds. The second-order valence-corrected chi connectivity index (χ2v) is 8.14. The molecule has 3 rings (SSSR count). The van der Waals surface area contributed by atoms with Crippen LogP contribution < -0.4 is 10.1 Å². The lowest BCUT2D eigenvalue weighted by molar-refractivity contribution is -0.131. The van der Waals surface area contributed by atoms with E-state index in [-0.39, 0.29) is 29.8 Å². The zero-order valence-electron chi connectivity index (χ0n) is 18.2. The molecule has 1 aliphatic rings. The third-order valence-corrected chi connectivity index (χ3v) is 5.77. The lowest BCUT2D eigenvalue weighted by Crippen LogP contribution is -2.33. The number of carbonyl (C=O) groups excluding carboxylic acids is 2. The molecule has 31 heavy (non-hydrogen) atoms. The molecule has 0 saturated carbocycles. The Morgan fingerprint density at radius 2 is 1.97 bits per heavy atom. The summed E-state index contributed by atoms with van der Waals surface area (Å²) in [5.41, 5.74) is 0.275. The van der Waals surface area contributed by atoms with Crippen molar-refractivity contribution in [1.29, 1.82) is 0 Å². The van der Waals surface area contributed by atoms with Gasteiger partial charge in [-0.1, -0.05) is 13.0 Å². The number of benzene rings is 1. The van der Waals surface area contributed by atoms with Gasteiger partial charge in [-0.25, -0.2) is 4.39 Å². The number of anilines is 1. The summed E-state index contributed by atoms with van der Waals surface area (Å²) in [5, 5.41) is 2.75. The molecule has 1 aromatic heterocycles. The van der Waals surface area contributed by atoms with Gasteiger partial charge in [0, 0.05) is 30.3 Å². The maximum Gasteiger partial charge on any atom is 0.254 e. The van der Waals surface area contributed by atoms with Crippen molar-refractivity contribution in [3.05, 3.63) is 53.4 Å². The molecule has 1 N–H and O–H groups in total. The minimum Gasteiger partial charge on any atom is -0.490 e. The Labute approximate surface area is 180 Å². The summed E-state index contributed by atoms with van der Waals surface area (Å²) in [7, 11) is 0. The maximum absolute atomic E-state index is 14.5. The molecule has 0 bridgehead atoms. The highest BCUT2D eigenvalue weighted by atomic mass is 19.2. The van der Waals surface area contributed by atoms with Crippen LogP contribution in [0.1, 0.15) is 56.6 Å². The molecule has 1 aliphatic heterocycles. The van der Waals surface area contributed by atoms with Crippen LogP contribution in [0.5, 0.6) is 5.75 Å². The van der Waals surface area contributed by atoms with E-state index >= 15 is 0 Å². The number of Topliss-reactive ketones (excluding diaryl/α,β-unsaturated/α-hetero) is 1. The summed E-state index contributed by atoms with van der Waals surface area (Å²) in [5.74, 6) is -3.80. The van der Waals surface area contributed by atoms with Crippen LogP contribution in [0.3, 0.4) is 0 Å². The van der Waals surface area contributed by atoms with E-state index in [1.807, 2.05) is 20.8 Å². The van der Waals surface area contributed by atoms with Gasteiger partial charge in [-0.15, -0.1) is 0 Å². The molecule has 0 aliphatic carbocycles. The summed E-state index contributed by atoms with van der Waals surface area (Å²) in [6.45, 7) is 8.78. The molecule has 0 spiro atoms. The van der Waals surface area contributed by atoms with E-state index in [9.17, 15) is 18.4 Å². The number of hydrogen-bond donors (Lipinski definition) is 1. The summed E-state index contributed by atoms with van der Waals surface area (Å²) < 4.78 is 39.9. The van der Waals surface area contributed by atoms with Crippen molar-refractivity contribution >= 4 is 17.4 Å². The monoisotopic (exact) mass is 432 g/mol. The van der Waals surface area contributed by atoms with Crippen molar-refractivity contribution in [3.63, 3.8) is 0 Å². The number of amides is 1. The Bertz CT molecular complexity index is 1010. The highest BCUT2D eigenvalue weighted by molar-refractivity contribution is 5.97. The predicted molar refractivity (Wildman–Crippen MR) is 111 cm³/mol. The van der Waals surface area contributed by atoms with Gasteiger partial charge in [0.25, 0.3) is 5.91 Å². The largest absolute Gasteiger partial charge is 0.490 e. The lowest BCUT2D eigenvalue weighted by Gasteiger charge is -2.26. The van der Waals surface area contributed by atoms with Gasteiger partial charge in [-0.3, -0.25) is 14.6 Å². The number of nitrogens with zero attached hydrogens (tertiary/aromatic N) is 1. The minimum absolute atomic E-state index is 0.139. The first-order valence-corrected chi connectivity index (χ1v) is 10.1. The fourth-order valence-corrected chi connectivity index (χ4v) is 3.87. The molecule has 8 heteroatoms. The van der Waals surface area contributed by atoms with Gasteiger partial charge >= 0.3 is 0 Å². The first-order valence-electron chi connectivity index (χ1n) is 10.1. The quantitative estimate of drug-likeness (QED) is 0.681. The third-order valence-electron chi connectivity index (χ3n) is 5.77. The van der Waals surface area contributed by atoms with E-state index < -0.39 is 35.2 Å². The number of pyridine rings is 1. The second kappa shape index (κ2) is 8.70. The topological polar surface area (TPSA) is 77.5 Å². The van der Waals surface area contributed by atoms with E-state index in [1.54, 1.807) is 13.0 Å². The molecule has 2 aromatic rings. The third kappa shape index (κ3) is 4.44. The Balaban J connectivity index is 1.99. The van der Waals surface area contributed by atoms with Gasteiger partial charge in [-0.2, -0.15) is 4.39 Å². The molecule has 6 nitrogen and oxygen atoms in total. The number of ether oxygens (including phenoxy) is 2. The minimum atomic E-state index is -1.09.